The lowest BCUT2D eigenvalue weighted by atomic mass is 10.0. The van der Waals surface area contributed by atoms with Crippen LogP contribution < -0.4 is 14.4 Å². The van der Waals surface area contributed by atoms with E-state index >= 15 is 0 Å². The van der Waals surface area contributed by atoms with Crippen LogP contribution in [0, 0.1) is 0 Å². The summed E-state index contributed by atoms with van der Waals surface area (Å²) in [6.45, 7) is 2.04. The fourth-order valence-electron chi connectivity index (χ4n) is 4.91. The molecule has 45 heavy (non-hydrogen) atoms. The van der Waals surface area contributed by atoms with Crippen molar-refractivity contribution in [2.75, 3.05) is 24.5 Å². The Kier molecular flexibility index (Phi) is 12.2. The van der Waals surface area contributed by atoms with E-state index in [9.17, 15) is 18.0 Å². The normalized spacial score (nSPS) is 11.8. The zero-order valence-electron chi connectivity index (χ0n) is 25.4. The summed E-state index contributed by atoms with van der Waals surface area (Å²) < 4.78 is 35.3. The second kappa shape index (κ2) is 16.2. The van der Waals surface area contributed by atoms with Gasteiger partial charge in [-0.05, 0) is 60.0 Å². The minimum atomic E-state index is -4.16. The SMILES string of the molecule is CCCCNC(=O)[C@@H](Cc1ccccc1)N(Cc1cccc(OC)c1)C(=O)CN(c1cccc(Br)c1)S(=O)(=O)c1ccccc1. The Morgan fingerprint density at radius 3 is 2.20 bits per heavy atom. The molecule has 0 heterocycles. The third-order valence-corrected chi connectivity index (χ3v) is 9.58. The molecular formula is C35H38BrN3O5S. The fourth-order valence-corrected chi connectivity index (χ4v) is 6.72. The Labute approximate surface area is 274 Å². The van der Waals surface area contributed by atoms with Crippen molar-refractivity contribution in [2.45, 2.75) is 43.7 Å². The summed E-state index contributed by atoms with van der Waals surface area (Å²) in [6, 6.07) is 30.6. The zero-order valence-corrected chi connectivity index (χ0v) is 27.8. The molecule has 4 aromatic rings. The van der Waals surface area contributed by atoms with Gasteiger partial charge in [0, 0.05) is 24.0 Å². The molecule has 0 aliphatic rings. The molecule has 4 aromatic carbocycles. The first-order chi connectivity index (χ1) is 21.7. The largest absolute Gasteiger partial charge is 0.497 e. The van der Waals surface area contributed by atoms with Gasteiger partial charge >= 0.3 is 0 Å². The number of amides is 2. The topological polar surface area (TPSA) is 96.0 Å². The van der Waals surface area contributed by atoms with Crippen molar-refractivity contribution in [2.24, 2.45) is 0 Å². The van der Waals surface area contributed by atoms with Gasteiger partial charge in [-0.15, -0.1) is 0 Å². The molecule has 0 aliphatic carbocycles. The number of anilines is 1. The van der Waals surface area contributed by atoms with Crippen LogP contribution in [0.2, 0.25) is 0 Å². The number of nitrogens with zero attached hydrogens (tertiary/aromatic N) is 2. The van der Waals surface area contributed by atoms with Crippen LogP contribution >= 0.6 is 15.9 Å². The minimum Gasteiger partial charge on any atom is -0.497 e. The van der Waals surface area contributed by atoms with E-state index in [-0.39, 0.29) is 23.8 Å². The number of sulfonamides is 1. The predicted octanol–water partition coefficient (Wildman–Crippen LogP) is 6.21. The van der Waals surface area contributed by atoms with Crippen LogP contribution in [-0.4, -0.2) is 51.4 Å². The molecule has 8 nitrogen and oxygen atoms in total. The van der Waals surface area contributed by atoms with E-state index in [1.165, 1.54) is 17.0 Å². The Balaban J connectivity index is 1.79. The predicted molar refractivity (Wildman–Crippen MR) is 181 cm³/mol. The Bertz CT molecular complexity index is 1670. The van der Waals surface area contributed by atoms with E-state index in [0.717, 1.165) is 28.3 Å². The first kappa shape index (κ1) is 33.7. The number of methoxy groups -OCH3 is 1. The quantitative estimate of drug-likeness (QED) is 0.150. The maximum atomic E-state index is 14.5. The number of benzene rings is 4. The molecule has 0 bridgehead atoms. The Hall–Kier alpha value is -4.15. The zero-order chi connectivity index (χ0) is 32.2. The van der Waals surface area contributed by atoms with E-state index in [0.29, 0.717) is 22.5 Å². The summed E-state index contributed by atoms with van der Waals surface area (Å²) in [6.07, 6.45) is 1.94. The molecule has 1 N–H and O–H groups in total. The minimum absolute atomic E-state index is 0.0512. The summed E-state index contributed by atoms with van der Waals surface area (Å²) in [7, 11) is -2.60. The molecule has 0 radical (unpaired) electrons. The van der Waals surface area contributed by atoms with E-state index in [4.69, 9.17) is 4.74 Å². The molecular weight excluding hydrogens is 654 g/mol. The van der Waals surface area contributed by atoms with E-state index in [2.05, 4.69) is 21.2 Å². The molecule has 0 saturated carbocycles. The number of rotatable bonds is 15. The number of ether oxygens (including phenoxy) is 1. The van der Waals surface area contributed by atoms with E-state index in [1.54, 1.807) is 55.6 Å². The standard InChI is InChI=1S/C35H38BrN3O5S/c1-3-4-21-37-35(41)33(23-27-13-7-5-8-14-27)38(25-28-15-11-18-31(22-28)44-2)34(40)26-39(30-17-12-16-29(36)24-30)45(42,43)32-19-9-6-10-20-32/h5-20,22,24,33H,3-4,21,23,25-26H2,1-2H3,(H,37,41)/t33-/m1/s1. The van der Waals surface area contributed by atoms with Gasteiger partial charge in [0.2, 0.25) is 11.8 Å². The number of hydrogen-bond acceptors (Lipinski definition) is 5. The number of halogens is 1. The highest BCUT2D eigenvalue weighted by Gasteiger charge is 2.34. The van der Waals surface area contributed by atoms with Crippen LogP contribution in [0.1, 0.15) is 30.9 Å². The lowest BCUT2D eigenvalue weighted by Gasteiger charge is -2.34. The lowest BCUT2D eigenvalue weighted by Crippen LogP contribution is -2.53. The van der Waals surface area contributed by atoms with Crippen molar-refractivity contribution < 1.29 is 22.7 Å². The van der Waals surface area contributed by atoms with Crippen LogP contribution in [0.15, 0.2) is 119 Å². The van der Waals surface area contributed by atoms with Crippen molar-refractivity contribution in [3.63, 3.8) is 0 Å². The second-order valence-electron chi connectivity index (χ2n) is 10.5. The molecule has 4 rings (SSSR count). The van der Waals surface area contributed by atoms with Crippen molar-refractivity contribution in [1.82, 2.24) is 10.2 Å². The van der Waals surface area contributed by atoms with Gasteiger partial charge in [0.1, 0.15) is 18.3 Å². The van der Waals surface area contributed by atoms with Crippen molar-refractivity contribution in [1.29, 1.82) is 0 Å². The first-order valence-electron chi connectivity index (χ1n) is 14.8. The van der Waals surface area contributed by atoms with E-state index in [1.807, 2.05) is 55.5 Å². The van der Waals surface area contributed by atoms with Crippen molar-refractivity contribution in [3.8, 4) is 5.75 Å². The summed E-state index contributed by atoms with van der Waals surface area (Å²) in [4.78, 5) is 29.9. The molecule has 0 spiro atoms. The average molecular weight is 693 g/mol. The number of carbonyl (C=O) groups excluding carboxylic acids is 2. The number of hydrogen-bond donors (Lipinski definition) is 1. The highest BCUT2D eigenvalue weighted by Crippen LogP contribution is 2.27. The summed E-state index contributed by atoms with van der Waals surface area (Å²) >= 11 is 3.43. The maximum Gasteiger partial charge on any atom is 0.264 e. The molecule has 0 unspecified atom stereocenters. The van der Waals surface area contributed by atoms with Crippen molar-refractivity contribution >= 4 is 43.5 Å². The third-order valence-electron chi connectivity index (χ3n) is 7.29. The molecule has 2 amide bonds. The Morgan fingerprint density at radius 1 is 0.867 bits per heavy atom. The number of unbranched alkanes of at least 4 members (excludes halogenated alkanes) is 1. The van der Waals surface area contributed by atoms with Crippen LogP contribution in [0.5, 0.6) is 5.75 Å². The van der Waals surface area contributed by atoms with Gasteiger partial charge in [-0.1, -0.05) is 96.0 Å². The average Bonchev–Trinajstić information content (AvgIpc) is 3.06. The van der Waals surface area contributed by atoms with Gasteiger partial charge in [0.05, 0.1) is 17.7 Å². The third kappa shape index (κ3) is 9.18. The van der Waals surface area contributed by atoms with Crippen molar-refractivity contribution in [3.05, 3.63) is 125 Å². The molecule has 0 aliphatic heterocycles. The fraction of sp³-hybridized carbons (Fsp3) is 0.257. The van der Waals surface area contributed by atoms with Crippen LogP contribution in [0.4, 0.5) is 5.69 Å². The molecule has 1 atom stereocenters. The van der Waals surface area contributed by atoms with Crippen LogP contribution in [0.3, 0.4) is 0 Å². The molecule has 236 valence electrons. The highest BCUT2D eigenvalue weighted by molar-refractivity contribution is 9.10. The van der Waals surface area contributed by atoms with E-state index < -0.39 is 28.5 Å². The summed E-state index contributed by atoms with van der Waals surface area (Å²) in [5.74, 6) is -0.221. The Morgan fingerprint density at radius 2 is 1.53 bits per heavy atom. The molecule has 10 heteroatoms. The van der Waals surface area contributed by atoms with Crippen LogP contribution in [0.25, 0.3) is 0 Å². The first-order valence-corrected chi connectivity index (χ1v) is 17.0. The van der Waals surface area contributed by atoms with Gasteiger partial charge in [-0.2, -0.15) is 0 Å². The maximum absolute atomic E-state index is 14.5. The molecule has 0 fully saturated rings. The smallest absolute Gasteiger partial charge is 0.264 e. The summed E-state index contributed by atoms with van der Waals surface area (Å²) in [5, 5.41) is 3.00. The van der Waals surface area contributed by atoms with Gasteiger partial charge in [0.25, 0.3) is 10.0 Å². The van der Waals surface area contributed by atoms with Gasteiger partial charge in [-0.25, -0.2) is 8.42 Å². The number of nitrogens with one attached hydrogen (secondary N) is 1. The van der Waals surface area contributed by atoms with Gasteiger partial charge in [0.15, 0.2) is 0 Å². The monoisotopic (exact) mass is 691 g/mol. The van der Waals surface area contributed by atoms with Gasteiger partial charge in [-0.3, -0.25) is 13.9 Å². The lowest BCUT2D eigenvalue weighted by molar-refractivity contribution is -0.140. The molecule has 0 saturated heterocycles. The van der Waals surface area contributed by atoms with Crippen LogP contribution in [-0.2, 0) is 32.6 Å². The molecule has 0 aromatic heterocycles. The highest BCUT2D eigenvalue weighted by atomic mass is 79.9. The number of carbonyl (C=O) groups is 2. The van der Waals surface area contributed by atoms with Gasteiger partial charge < -0.3 is 15.0 Å². The summed E-state index contributed by atoms with van der Waals surface area (Å²) in [5.41, 5.74) is 1.93. The second-order valence-corrected chi connectivity index (χ2v) is 13.3.